The number of hydrogen-bond acceptors (Lipinski definition) is 4. The lowest BCUT2D eigenvalue weighted by atomic mass is 10.1. The van der Waals surface area contributed by atoms with E-state index in [1.807, 2.05) is 38.1 Å². The zero-order valence-corrected chi connectivity index (χ0v) is 20.8. The van der Waals surface area contributed by atoms with E-state index >= 15 is 0 Å². The third-order valence-corrected chi connectivity index (χ3v) is 7.03. The first-order chi connectivity index (χ1) is 15.6. The SMILES string of the molecule is CCCNC(=O)C(C)N(Cc1cccc(C)c1)C(=O)CN(c1ccccc1)S(=O)(=O)N(C)C. The maximum Gasteiger partial charge on any atom is 0.304 e. The summed E-state index contributed by atoms with van der Waals surface area (Å²) in [5.41, 5.74) is 2.27. The first kappa shape index (κ1) is 26.3. The highest BCUT2D eigenvalue weighted by Gasteiger charge is 2.32. The van der Waals surface area contributed by atoms with Crippen LogP contribution < -0.4 is 9.62 Å². The Morgan fingerprint density at radius 2 is 1.70 bits per heavy atom. The highest BCUT2D eigenvalue weighted by Crippen LogP contribution is 2.20. The summed E-state index contributed by atoms with van der Waals surface area (Å²) in [7, 11) is -1.11. The van der Waals surface area contributed by atoms with Crippen LogP contribution in [-0.2, 0) is 26.3 Å². The van der Waals surface area contributed by atoms with Crippen molar-refractivity contribution in [3.63, 3.8) is 0 Å². The second kappa shape index (κ2) is 11.8. The first-order valence-corrected chi connectivity index (χ1v) is 12.4. The van der Waals surface area contributed by atoms with E-state index in [1.165, 1.54) is 19.0 Å². The summed E-state index contributed by atoms with van der Waals surface area (Å²) in [6, 6.07) is 15.4. The average Bonchev–Trinajstić information content (AvgIpc) is 2.79. The molecule has 0 aliphatic rings. The van der Waals surface area contributed by atoms with Crippen molar-refractivity contribution >= 4 is 27.7 Å². The van der Waals surface area contributed by atoms with Crippen molar-refractivity contribution in [3.8, 4) is 0 Å². The van der Waals surface area contributed by atoms with Crippen molar-refractivity contribution in [3.05, 3.63) is 65.7 Å². The lowest BCUT2D eigenvalue weighted by Gasteiger charge is -2.32. The monoisotopic (exact) mass is 474 g/mol. The molecule has 33 heavy (non-hydrogen) atoms. The number of anilines is 1. The van der Waals surface area contributed by atoms with Crippen molar-refractivity contribution in [2.45, 2.75) is 39.8 Å². The molecule has 1 N–H and O–H groups in total. The van der Waals surface area contributed by atoms with E-state index in [-0.39, 0.29) is 12.5 Å². The Labute approximate surface area is 197 Å². The standard InChI is InChI=1S/C24H34N4O4S/c1-6-15-25-24(30)20(3)27(17-21-12-10-11-19(2)16-21)23(29)18-28(33(31,32)26(4)5)22-13-8-7-9-14-22/h7-14,16,20H,6,15,17-18H2,1-5H3,(H,25,30). The third-order valence-electron chi connectivity index (χ3n) is 5.21. The molecule has 9 heteroatoms. The van der Waals surface area contributed by atoms with E-state index in [0.717, 1.165) is 26.2 Å². The van der Waals surface area contributed by atoms with Gasteiger partial charge in [-0.2, -0.15) is 12.7 Å². The van der Waals surface area contributed by atoms with Crippen LogP contribution in [-0.4, -0.2) is 62.7 Å². The molecule has 2 aromatic carbocycles. The number of aryl methyl sites for hydroxylation is 1. The van der Waals surface area contributed by atoms with Crippen LogP contribution in [0.4, 0.5) is 5.69 Å². The lowest BCUT2D eigenvalue weighted by Crippen LogP contribution is -2.52. The number of hydrogen-bond donors (Lipinski definition) is 1. The van der Waals surface area contributed by atoms with Gasteiger partial charge in [-0.3, -0.25) is 9.59 Å². The van der Waals surface area contributed by atoms with Crippen LogP contribution in [0.2, 0.25) is 0 Å². The largest absolute Gasteiger partial charge is 0.354 e. The van der Waals surface area contributed by atoms with Crippen molar-refractivity contribution in [1.29, 1.82) is 0 Å². The van der Waals surface area contributed by atoms with Crippen LogP contribution in [0.1, 0.15) is 31.4 Å². The Kier molecular flexibility index (Phi) is 9.43. The minimum absolute atomic E-state index is 0.186. The predicted molar refractivity (Wildman–Crippen MR) is 131 cm³/mol. The van der Waals surface area contributed by atoms with E-state index in [4.69, 9.17) is 0 Å². The molecule has 0 saturated heterocycles. The molecule has 0 aliphatic heterocycles. The fourth-order valence-electron chi connectivity index (χ4n) is 3.30. The van der Waals surface area contributed by atoms with Gasteiger partial charge in [-0.05, 0) is 38.0 Å². The molecule has 2 rings (SSSR count). The maximum absolute atomic E-state index is 13.5. The van der Waals surface area contributed by atoms with Gasteiger partial charge in [0.2, 0.25) is 11.8 Å². The Balaban J connectivity index is 2.40. The Morgan fingerprint density at radius 1 is 1.03 bits per heavy atom. The number of carbonyl (C=O) groups is 2. The fraction of sp³-hybridized carbons (Fsp3) is 0.417. The quantitative estimate of drug-likeness (QED) is 0.542. The van der Waals surface area contributed by atoms with Crippen LogP contribution in [0.3, 0.4) is 0 Å². The fourth-order valence-corrected chi connectivity index (χ4v) is 4.35. The molecule has 2 amide bonds. The second-order valence-corrected chi connectivity index (χ2v) is 10.2. The highest BCUT2D eigenvalue weighted by molar-refractivity contribution is 7.90. The predicted octanol–water partition coefficient (Wildman–Crippen LogP) is 2.55. The normalized spacial score (nSPS) is 12.3. The van der Waals surface area contributed by atoms with E-state index in [1.54, 1.807) is 37.3 Å². The number of amides is 2. The molecule has 0 aliphatic carbocycles. The van der Waals surface area contributed by atoms with Gasteiger partial charge in [0.1, 0.15) is 12.6 Å². The zero-order valence-electron chi connectivity index (χ0n) is 20.0. The summed E-state index contributed by atoms with van der Waals surface area (Å²) in [6.45, 7) is 5.82. The first-order valence-electron chi connectivity index (χ1n) is 11.0. The van der Waals surface area contributed by atoms with Crippen molar-refractivity contribution < 1.29 is 18.0 Å². The Morgan fingerprint density at radius 3 is 2.27 bits per heavy atom. The van der Waals surface area contributed by atoms with Gasteiger partial charge in [0.25, 0.3) is 0 Å². The minimum atomic E-state index is -3.94. The molecular formula is C24H34N4O4S. The third kappa shape index (κ3) is 7.03. The summed E-state index contributed by atoms with van der Waals surface area (Å²) in [5, 5.41) is 2.83. The number of benzene rings is 2. The van der Waals surface area contributed by atoms with Crippen LogP contribution in [0.5, 0.6) is 0 Å². The van der Waals surface area contributed by atoms with Crippen LogP contribution in [0.25, 0.3) is 0 Å². The Hall–Kier alpha value is -2.91. The van der Waals surface area contributed by atoms with Gasteiger partial charge in [-0.1, -0.05) is 55.0 Å². The van der Waals surface area contributed by atoms with Gasteiger partial charge >= 0.3 is 10.2 Å². The number of rotatable bonds is 11. The van der Waals surface area contributed by atoms with Crippen LogP contribution >= 0.6 is 0 Å². The molecule has 8 nitrogen and oxygen atoms in total. The summed E-state index contributed by atoms with van der Waals surface area (Å²) >= 11 is 0. The van der Waals surface area contributed by atoms with Crippen LogP contribution in [0.15, 0.2) is 54.6 Å². The summed E-state index contributed by atoms with van der Waals surface area (Å²) < 4.78 is 28.2. The van der Waals surface area contributed by atoms with Gasteiger partial charge < -0.3 is 10.2 Å². The molecule has 2 aromatic rings. The summed E-state index contributed by atoms with van der Waals surface area (Å²) in [5.74, 6) is -0.746. The van der Waals surface area contributed by atoms with Gasteiger partial charge in [0.15, 0.2) is 0 Å². The lowest BCUT2D eigenvalue weighted by molar-refractivity contribution is -0.139. The van der Waals surface area contributed by atoms with Crippen molar-refractivity contribution in [1.82, 2.24) is 14.5 Å². The molecule has 0 radical (unpaired) electrons. The maximum atomic E-state index is 13.5. The molecule has 1 unspecified atom stereocenters. The van der Waals surface area contributed by atoms with Crippen molar-refractivity contribution in [2.24, 2.45) is 0 Å². The molecule has 1 atom stereocenters. The van der Waals surface area contributed by atoms with Gasteiger partial charge in [0.05, 0.1) is 5.69 Å². The second-order valence-electron chi connectivity index (χ2n) is 8.11. The van der Waals surface area contributed by atoms with E-state index < -0.39 is 28.7 Å². The molecule has 0 aromatic heterocycles. The smallest absolute Gasteiger partial charge is 0.304 e. The van der Waals surface area contributed by atoms with Gasteiger partial charge in [0, 0.05) is 27.2 Å². The van der Waals surface area contributed by atoms with Gasteiger partial charge in [-0.15, -0.1) is 0 Å². The van der Waals surface area contributed by atoms with Crippen LogP contribution in [0, 0.1) is 6.92 Å². The number of nitrogens with zero attached hydrogens (tertiary/aromatic N) is 3. The molecule has 180 valence electrons. The summed E-state index contributed by atoms with van der Waals surface area (Å²) in [6.07, 6.45) is 0.771. The number of carbonyl (C=O) groups excluding carboxylic acids is 2. The minimum Gasteiger partial charge on any atom is -0.354 e. The molecular weight excluding hydrogens is 440 g/mol. The highest BCUT2D eigenvalue weighted by atomic mass is 32.2. The van der Waals surface area contributed by atoms with E-state index in [2.05, 4.69) is 5.32 Å². The van der Waals surface area contributed by atoms with E-state index in [0.29, 0.717) is 12.2 Å². The molecule has 0 heterocycles. The Bertz CT molecular complexity index is 1040. The number of nitrogens with one attached hydrogen (secondary N) is 1. The summed E-state index contributed by atoms with van der Waals surface area (Å²) in [4.78, 5) is 27.7. The topological polar surface area (TPSA) is 90.0 Å². The molecule has 0 spiro atoms. The number of para-hydroxylation sites is 1. The van der Waals surface area contributed by atoms with Crippen molar-refractivity contribution in [2.75, 3.05) is 31.5 Å². The zero-order chi connectivity index (χ0) is 24.6. The molecule has 0 saturated carbocycles. The molecule has 0 bridgehead atoms. The van der Waals surface area contributed by atoms with E-state index in [9.17, 15) is 18.0 Å². The molecule has 0 fully saturated rings. The average molecular weight is 475 g/mol. The van der Waals surface area contributed by atoms with Gasteiger partial charge in [-0.25, -0.2) is 4.31 Å².